The minimum absolute atomic E-state index is 0.135. The molecule has 0 aliphatic carbocycles. The number of carbonyl (C=O) groups excluding carboxylic acids is 2. The molecule has 3 aromatic rings. The number of aromatic nitrogens is 2. The van der Waals surface area contributed by atoms with E-state index in [2.05, 4.69) is 15.6 Å². The SMILES string of the molecule is CC(=O)Nc1cccc(NC(=O)c2ccc(-n3ccnc3)c([N+](=O)[O-])c2)c1. The maximum absolute atomic E-state index is 12.5. The fourth-order valence-corrected chi connectivity index (χ4v) is 2.51. The number of nitro benzene ring substituents is 1. The highest BCUT2D eigenvalue weighted by atomic mass is 16.6. The van der Waals surface area contributed by atoms with Crippen LogP contribution in [-0.2, 0) is 4.79 Å². The van der Waals surface area contributed by atoms with Gasteiger partial charge in [-0.1, -0.05) is 6.07 Å². The van der Waals surface area contributed by atoms with E-state index in [0.29, 0.717) is 17.1 Å². The maximum atomic E-state index is 12.5. The second kappa shape index (κ2) is 7.48. The average Bonchev–Trinajstić information content (AvgIpc) is 3.15. The number of carbonyl (C=O) groups is 2. The number of rotatable bonds is 5. The Bertz CT molecular complexity index is 1010. The normalized spacial score (nSPS) is 10.3. The van der Waals surface area contributed by atoms with E-state index in [1.165, 1.54) is 42.2 Å². The summed E-state index contributed by atoms with van der Waals surface area (Å²) in [7, 11) is 0. The Labute approximate surface area is 153 Å². The molecule has 1 aromatic heterocycles. The van der Waals surface area contributed by atoms with E-state index < -0.39 is 10.8 Å². The molecule has 0 spiro atoms. The number of anilines is 2. The maximum Gasteiger partial charge on any atom is 0.294 e. The molecule has 9 nitrogen and oxygen atoms in total. The third-order valence-corrected chi connectivity index (χ3v) is 3.66. The molecule has 9 heteroatoms. The summed E-state index contributed by atoms with van der Waals surface area (Å²) in [5.41, 5.74) is 1.21. The highest BCUT2D eigenvalue weighted by Gasteiger charge is 2.19. The van der Waals surface area contributed by atoms with Crippen LogP contribution in [0.5, 0.6) is 0 Å². The summed E-state index contributed by atoms with van der Waals surface area (Å²) in [4.78, 5) is 38.3. The molecule has 3 rings (SSSR count). The largest absolute Gasteiger partial charge is 0.326 e. The lowest BCUT2D eigenvalue weighted by Crippen LogP contribution is -2.13. The summed E-state index contributed by atoms with van der Waals surface area (Å²) in [5, 5.41) is 16.7. The average molecular weight is 365 g/mol. The molecule has 1 heterocycles. The number of imidazole rings is 1. The number of nitro groups is 1. The van der Waals surface area contributed by atoms with Crippen LogP contribution in [0.2, 0.25) is 0 Å². The molecule has 2 amide bonds. The van der Waals surface area contributed by atoms with Crippen LogP contribution in [0.4, 0.5) is 17.1 Å². The van der Waals surface area contributed by atoms with Crippen molar-refractivity contribution in [1.82, 2.24) is 9.55 Å². The van der Waals surface area contributed by atoms with Gasteiger partial charge in [-0.3, -0.25) is 19.7 Å². The first kappa shape index (κ1) is 17.8. The number of hydrogen-bond acceptors (Lipinski definition) is 5. The molecule has 0 saturated carbocycles. The Balaban J connectivity index is 1.86. The second-order valence-electron chi connectivity index (χ2n) is 5.65. The van der Waals surface area contributed by atoms with Gasteiger partial charge in [0.1, 0.15) is 5.69 Å². The summed E-state index contributed by atoms with van der Waals surface area (Å²) >= 11 is 0. The standard InChI is InChI=1S/C18H15N5O4/c1-12(24)20-14-3-2-4-15(10-14)21-18(25)13-5-6-16(17(9-13)23(26)27)22-8-7-19-11-22/h2-11H,1H3,(H,20,24)(H,21,25). The molecule has 27 heavy (non-hydrogen) atoms. The van der Waals surface area contributed by atoms with E-state index in [4.69, 9.17) is 0 Å². The zero-order valence-corrected chi connectivity index (χ0v) is 14.2. The van der Waals surface area contributed by atoms with Gasteiger partial charge in [-0.2, -0.15) is 0 Å². The van der Waals surface area contributed by atoms with Gasteiger partial charge >= 0.3 is 0 Å². The number of amides is 2. The van der Waals surface area contributed by atoms with Gasteiger partial charge in [-0.05, 0) is 30.3 Å². The molecular weight excluding hydrogens is 350 g/mol. The Morgan fingerprint density at radius 2 is 1.85 bits per heavy atom. The molecule has 136 valence electrons. The second-order valence-corrected chi connectivity index (χ2v) is 5.65. The molecule has 2 aromatic carbocycles. The molecule has 0 atom stereocenters. The van der Waals surface area contributed by atoms with Crippen molar-refractivity contribution in [1.29, 1.82) is 0 Å². The van der Waals surface area contributed by atoms with E-state index >= 15 is 0 Å². The quantitative estimate of drug-likeness (QED) is 0.532. The molecule has 2 N–H and O–H groups in total. The molecule has 0 unspecified atom stereocenters. The lowest BCUT2D eigenvalue weighted by molar-refractivity contribution is -0.384. The highest BCUT2D eigenvalue weighted by Crippen LogP contribution is 2.25. The minimum atomic E-state index is -0.552. The lowest BCUT2D eigenvalue weighted by Gasteiger charge is -2.09. The number of nitrogens with one attached hydrogen (secondary N) is 2. The fourth-order valence-electron chi connectivity index (χ4n) is 2.51. The zero-order chi connectivity index (χ0) is 19.4. The Kier molecular flexibility index (Phi) is 4.93. The molecule has 0 radical (unpaired) electrons. The van der Waals surface area contributed by atoms with Gasteiger partial charge in [-0.15, -0.1) is 0 Å². The fraction of sp³-hybridized carbons (Fsp3) is 0.0556. The topological polar surface area (TPSA) is 119 Å². The zero-order valence-electron chi connectivity index (χ0n) is 14.2. The predicted molar refractivity (Wildman–Crippen MR) is 98.9 cm³/mol. The lowest BCUT2D eigenvalue weighted by atomic mass is 10.1. The summed E-state index contributed by atoms with van der Waals surface area (Å²) in [5.74, 6) is -0.737. The summed E-state index contributed by atoms with van der Waals surface area (Å²) in [6.07, 6.45) is 4.53. The van der Waals surface area contributed by atoms with Gasteiger partial charge in [0.25, 0.3) is 11.6 Å². The van der Waals surface area contributed by atoms with Gasteiger partial charge in [0.05, 0.1) is 11.3 Å². The third kappa shape index (κ3) is 4.15. The number of hydrogen-bond donors (Lipinski definition) is 2. The van der Waals surface area contributed by atoms with Gasteiger partial charge in [0.2, 0.25) is 5.91 Å². The van der Waals surface area contributed by atoms with E-state index in [0.717, 1.165) is 0 Å². The van der Waals surface area contributed by atoms with Crippen LogP contribution in [0.15, 0.2) is 61.2 Å². The van der Waals surface area contributed by atoms with Crippen molar-refractivity contribution in [3.8, 4) is 5.69 Å². The molecule has 0 fully saturated rings. The highest BCUT2D eigenvalue weighted by molar-refractivity contribution is 6.05. The summed E-state index contributed by atoms with van der Waals surface area (Å²) < 4.78 is 1.50. The molecule has 0 aliphatic rings. The van der Waals surface area contributed by atoms with Gasteiger partial charge in [0, 0.05) is 42.3 Å². The van der Waals surface area contributed by atoms with Crippen LogP contribution in [0.1, 0.15) is 17.3 Å². The van der Waals surface area contributed by atoms with Crippen molar-refractivity contribution in [2.24, 2.45) is 0 Å². The van der Waals surface area contributed by atoms with Crippen molar-refractivity contribution < 1.29 is 14.5 Å². The Morgan fingerprint density at radius 3 is 2.48 bits per heavy atom. The van der Waals surface area contributed by atoms with Gasteiger partial charge in [-0.25, -0.2) is 4.98 Å². The van der Waals surface area contributed by atoms with Crippen molar-refractivity contribution >= 4 is 28.9 Å². The molecule has 0 bridgehead atoms. The minimum Gasteiger partial charge on any atom is -0.326 e. The monoisotopic (exact) mass is 365 g/mol. The Morgan fingerprint density at radius 1 is 1.11 bits per heavy atom. The van der Waals surface area contributed by atoms with E-state index in [1.807, 2.05) is 0 Å². The molecule has 0 aliphatic heterocycles. The van der Waals surface area contributed by atoms with Crippen LogP contribution < -0.4 is 10.6 Å². The predicted octanol–water partition coefficient (Wildman–Crippen LogP) is 2.99. The van der Waals surface area contributed by atoms with Gasteiger partial charge < -0.3 is 15.2 Å². The smallest absolute Gasteiger partial charge is 0.294 e. The van der Waals surface area contributed by atoms with Crippen molar-refractivity contribution in [2.45, 2.75) is 6.92 Å². The van der Waals surface area contributed by atoms with Crippen LogP contribution in [-0.4, -0.2) is 26.3 Å². The van der Waals surface area contributed by atoms with E-state index in [9.17, 15) is 19.7 Å². The van der Waals surface area contributed by atoms with Crippen LogP contribution in [0, 0.1) is 10.1 Å². The summed E-state index contributed by atoms with van der Waals surface area (Å²) in [6, 6.07) is 10.8. The van der Waals surface area contributed by atoms with Crippen LogP contribution in [0.3, 0.4) is 0 Å². The first-order chi connectivity index (χ1) is 12.9. The van der Waals surface area contributed by atoms with E-state index in [1.54, 1.807) is 30.5 Å². The number of benzene rings is 2. The van der Waals surface area contributed by atoms with Crippen molar-refractivity contribution in [3.05, 3.63) is 76.9 Å². The van der Waals surface area contributed by atoms with E-state index in [-0.39, 0.29) is 17.2 Å². The van der Waals surface area contributed by atoms with Crippen molar-refractivity contribution in [2.75, 3.05) is 10.6 Å². The first-order valence-electron chi connectivity index (χ1n) is 7.90. The van der Waals surface area contributed by atoms with Crippen LogP contribution in [0.25, 0.3) is 5.69 Å². The Hall–Kier alpha value is -4.01. The molecular formula is C18H15N5O4. The van der Waals surface area contributed by atoms with Crippen LogP contribution >= 0.6 is 0 Å². The molecule has 0 saturated heterocycles. The third-order valence-electron chi connectivity index (χ3n) is 3.66. The van der Waals surface area contributed by atoms with Gasteiger partial charge in [0.15, 0.2) is 0 Å². The van der Waals surface area contributed by atoms with Crippen molar-refractivity contribution in [3.63, 3.8) is 0 Å². The first-order valence-corrected chi connectivity index (χ1v) is 7.90. The summed E-state index contributed by atoms with van der Waals surface area (Å²) in [6.45, 7) is 1.38. The number of nitrogens with zero attached hydrogens (tertiary/aromatic N) is 3.